The molecule has 1 saturated heterocycles. The van der Waals surface area contributed by atoms with E-state index in [1.807, 2.05) is 0 Å². The van der Waals surface area contributed by atoms with Crippen molar-refractivity contribution >= 4 is 0 Å². The highest BCUT2D eigenvalue weighted by Crippen LogP contribution is 2.55. The van der Waals surface area contributed by atoms with Crippen molar-refractivity contribution in [1.82, 2.24) is 15.5 Å². The van der Waals surface area contributed by atoms with Gasteiger partial charge in [-0.3, -0.25) is 0 Å². The number of aromatic nitrogens is 2. The molecule has 0 unspecified atom stereocenters. The highest BCUT2D eigenvalue weighted by molar-refractivity contribution is 5.25. The lowest BCUT2D eigenvalue weighted by molar-refractivity contribution is 0.343. The van der Waals surface area contributed by atoms with E-state index in [9.17, 15) is 0 Å². The molecule has 0 amide bonds. The quantitative estimate of drug-likeness (QED) is 0.651. The first-order chi connectivity index (χ1) is 6.56. The molecular weight excluding hydrogens is 154 g/mol. The molecule has 1 saturated carbocycles. The van der Waals surface area contributed by atoms with Gasteiger partial charge >= 0.3 is 0 Å². The monoisotopic (exact) mass is 167 g/mol. The Morgan fingerprint density at radius 2 is 2.75 bits per heavy atom. The van der Waals surface area contributed by atoms with E-state index in [2.05, 4.69) is 15.5 Å². The Bertz CT molecular complexity index is 392. The summed E-state index contributed by atoms with van der Waals surface area (Å²) in [6.07, 6.45) is 0.814. The minimum atomic E-state index is -1.41. The molecule has 1 aromatic heterocycles. The molecule has 3 rings (SSSR count). The molecule has 2 atom stereocenters. The van der Waals surface area contributed by atoms with Crippen molar-refractivity contribution in [3.8, 4) is 0 Å². The highest BCUT2D eigenvalue weighted by Gasteiger charge is 2.62. The third kappa shape index (κ3) is 0.659. The molecule has 1 aromatic rings. The first-order valence-electron chi connectivity index (χ1n) is 5.12. The summed E-state index contributed by atoms with van der Waals surface area (Å²) in [5.41, 5.74) is -0.547. The number of piperidine rings is 1. The van der Waals surface area contributed by atoms with Crippen LogP contribution in [0.5, 0.6) is 0 Å². The smallest absolute Gasteiger partial charge is 0.234 e. The predicted octanol–water partition coefficient (Wildman–Crippen LogP) is 0.239. The molecule has 1 N–H and O–H groups in total. The largest absolute Gasteiger partial charge is 0.339 e. The highest BCUT2D eigenvalue weighted by atomic mass is 16.5. The number of hydrogen-bond acceptors (Lipinski definition) is 4. The van der Waals surface area contributed by atoms with E-state index in [0.717, 1.165) is 6.42 Å². The molecular formula is C8H11N3O. The van der Waals surface area contributed by atoms with Crippen molar-refractivity contribution in [2.24, 2.45) is 5.92 Å². The van der Waals surface area contributed by atoms with Crippen molar-refractivity contribution in [3.63, 3.8) is 0 Å². The van der Waals surface area contributed by atoms with Crippen LogP contribution in [0.1, 0.15) is 20.9 Å². The molecule has 12 heavy (non-hydrogen) atoms. The van der Waals surface area contributed by atoms with Gasteiger partial charge in [-0.1, -0.05) is 5.16 Å². The van der Waals surface area contributed by atoms with Crippen LogP contribution in [0, 0.1) is 12.8 Å². The van der Waals surface area contributed by atoms with Crippen LogP contribution in [-0.4, -0.2) is 23.2 Å². The minimum absolute atomic E-state index is 0.317. The maximum Gasteiger partial charge on any atom is 0.234 e. The molecule has 1 aliphatic heterocycles. The zero-order chi connectivity index (χ0) is 9.97. The van der Waals surface area contributed by atoms with Crippen molar-refractivity contribution in [2.75, 3.05) is 13.0 Å². The van der Waals surface area contributed by atoms with Crippen LogP contribution >= 0.6 is 0 Å². The summed E-state index contributed by atoms with van der Waals surface area (Å²) in [7, 11) is 0. The topological polar surface area (TPSA) is 51.0 Å². The first-order valence-corrected chi connectivity index (χ1v) is 4.12. The Labute approximate surface area is 73.2 Å². The van der Waals surface area contributed by atoms with Crippen molar-refractivity contribution in [2.45, 2.75) is 18.8 Å². The standard InChI is InChI=1S/C8H11N3O/c1-5-10-7(12-11-5)8-2-6(8)3-9-4-8/h6,9H,2-4H2,1H3/t6-,8-/m0/s1/i4D2. The fraction of sp³-hybridized carbons (Fsp3) is 0.750. The van der Waals surface area contributed by atoms with Gasteiger partial charge in [-0.05, 0) is 25.8 Å². The Hall–Kier alpha value is -0.900. The SMILES string of the molecule is [2H]C1([2H])NC[C@@H]2C[C@@]21c1nc(C)no1. The van der Waals surface area contributed by atoms with Crippen LogP contribution in [-0.2, 0) is 5.41 Å². The van der Waals surface area contributed by atoms with Gasteiger partial charge in [0.25, 0.3) is 0 Å². The molecule has 0 bridgehead atoms. The summed E-state index contributed by atoms with van der Waals surface area (Å²) in [6.45, 7) is 1.05. The Balaban J connectivity index is 2.06. The van der Waals surface area contributed by atoms with Crippen LogP contribution in [0.15, 0.2) is 4.52 Å². The van der Waals surface area contributed by atoms with Crippen LogP contribution in [0.2, 0.25) is 0 Å². The third-order valence-electron chi connectivity index (χ3n) is 2.67. The summed E-state index contributed by atoms with van der Waals surface area (Å²) >= 11 is 0. The molecule has 64 valence electrons. The molecule has 2 fully saturated rings. The van der Waals surface area contributed by atoms with Crippen molar-refractivity contribution < 1.29 is 7.26 Å². The van der Waals surface area contributed by atoms with Gasteiger partial charge in [-0.25, -0.2) is 0 Å². The van der Waals surface area contributed by atoms with E-state index in [4.69, 9.17) is 7.26 Å². The van der Waals surface area contributed by atoms with E-state index in [1.54, 1.807) is 6.92 Å². The molecule has 2 heterocycles. The lowest BCUT2D eigenvalue weighted by atomic mass is 10.1. The molecule has 0 aromatic carbocycles. The van der Waals surface area contributed by atoms with Gasteiger partial charge in [0.1, 0.15) is 0 Å². The Morgan fingerprint density at radius 1 is 1.83 bits per heavy atom. The normalized spacial score (nSPS) is 44.9. The van der Waals surface area contributed by atoms with Gasteiger partial charge in [0.2, 0.25) is 5.89 Å². The van der Waals surface area contributed by atoms with Gasteiger partial charge in [-0.2, -0.15) is 4.98 Å². The summed E-state index contributed by atoms with van der Waals surface area (Å²) in [4.78, 5) is 4.14. The number of hydrogen-bond donors (Lipinski definition) is 1. The summed E-state index contributed by atoms with van der Waals surface area (Å²) in [5.74, 6) is 1.34. The Kier molecular flexibility index (Phi) is 0.777. The number of rotatable bonds is 1. The molecule has 2 aliphatic rings. The van der Waals surface area contributed by atoms with Crippen molar-refractivity contribution in [1.29, 1.82) is 0 Å². The first kappa shape index (κ1) is 4.97. The molecule has 0 radical (unpaired) electrons. The second-order valence-corrected chi connectivity index (χ2v) is 3.53. The number of nitrogens with one attached hydrogen (secondary N) is 1. The zero-order valence-corrected chi connectivity index (χ0v) is 6.79. The van der Waals surface area contributed by atoms with E-state index in [1.165, 1.54) is 0 Å². The van der Waals surface area contributed by atoms with E-state index in [0.29, 0.717) is 24.2 Å². The van der Waals surface area contributed by atoms with Gasteiger partial charge in [0.15, 0.2) is 5.82 Å². The molecule has 1 aliphatic carbocycles. The fourth-order valence-electron chi connectivity index (χ4n) is 1.85. The summed E-state index contributed by atoms with van der Waals surface area (Å²) in [5, 5.41) is 6.57. The summed E-state index contributed by atoms with van der Waals surface area (Å²) < 4.78 is 20.8. The van der Waals surface area contributed by atoms with Crippen LogP contribution < -0.4 is 5.32 Å². The van der Waals surface area contributed by atoms with Gasteiger partial charge in [-0.15, -0.1) is 0 Å². The zero-order valence-electron chi connectivity index (χ0n) is 8.79. The maximum absolute atomic E-state index is 7.86. The second-order valence-electron chi connectivity index (χ2n) is 3.53. The molecule has 4 heteroatoms. The van der Waals surface area contributed by atoms with E-state index < -0.39 is 11.9 Å². The minimum Gasteiger partial charge on any atom is -0.339 e. The molecule has 0 spiro atoms. The van der Waals surface area contributed by atoms with E-state index >= 15 is 0 Å². The lowest BCUT2D eigenvalue weighted by Gasteiger charge is -2.02. The number of fused-ring (bicyclic) bond motifs is 1. The van der Waals surface area contributed by atoms with Crippen LogP contribution in [0.3, 0.4) is 0 Å². The van der Waals surface area contributed by atoms with Gasteiger partial charge in [0, 0.05) is 9.24 Å². The van der Waals surface area contributed by atoms with Crippen LogP contribution in [0.25, 0.3) is 0 Å². The van der Waals surface area contributed by atoms with Gasteiger partial charge in [0.05, 0.1) is 5.41 Å². The van der Waals surface area contributed by atoms with Gasteiger partial charge < -0.3 is 9.84 Å². The summed E-state index contributed by atoms with van der Waals surface area (Å²) in [6, 6.07) is 0. The second kappa shape index (κ2) is 1.88. The third-order valence-corrected chi connectivity index (χ3v) is 2.67. The lowest BCUT2D eigenvalue weighted by Crippen LogP contribution is -2.19. The number of aryl methyl sites for hydroxylation is 1. The average molecular weight is 167 g/mol. The Morgan fingerprint density at radius 3 is 3.25 bits per heavy atom. The fourth-order valence-corrected chi connectivity index (χ4v) is 1.85. The number of nitrogens with zero attached hydrogens (tertiary/aromatic N) is 2. The van der Waals surface area contributed by atoms with Crippen molar-refractivity contribution in [3.05, 3.63) is 11.7 Å². The maximum atomic E-state index is 7.86. The predicted molar refractivity (Wildman–Crippen MR) is 41.7 cm³/mol. The molecule has 4 nitrogen and oxygen atoms in total. The van der Waals surface area contributed by atoms with E-state index in [-0.39, 0.29) is 0 Å². The average Bonchev–Trinajstić information content (AvgIpc) is 2.63. The van der Waals surface area contributed by atoms with Crippen LogP contribution in [0.4, 0.5) is 0 Å².